The molecule has 1 rings (SSSR count). The standard InChI is InChI=1S/C11H22N2OS/c1-15-8-11(14)13-7-10-4-2-9(6-12)3-5-10/h9-10H,2-8,12H2,1H3,(H,13,14). The lowest BCUT2D eigenvalue weighted by molar-refractivity contribution is -0.118. The number of nitrogens with one attached hydrogen (secondary N) is 1. The second-order valence-electron chi connectivity index (χ2n) is 4.36. The Bertz CT molecular complexity index is 191. The van der Waals surface area contributed by atoms with Gasteiger partial charge in [-0.3, -0.25) is 4.79 Å². The largest absolute Gasteiger partial charge is 0.355 e. The maximum absolute atomic E-state index is 11.3. The van der Waals surface area contributed by atoms with Crippen LogP contribution in [0.2, 0.25) is 0 Å². The number of amides is 1. The number of carbonyl (C=O) groups excluding carboxylic acids is 1. The fourth-order valence-electron chi connectivity index (χ4n) is 2.11. The maximum atomic E-state index is 11.3. The van der Waals surface area contributed by atoms with Crippen LogP contribution in [0.15, 0.2) is 0 Å². The van der Waals surface area contributed by atoms with Crippen molar-refractivity contribution in [3.05, 3.63) is 0 Å². The van der Waals surface area contributed by atoms with Gasteiger partial charge in [-0.25, -0.2) is 0 Å². The van der Waals surface area contributed by atoms with Gasteiger partial charge in [0.05, 0.1) is 5.75 Å². The van der Waals surface area contributed by atoms with Crippen LogP contribution in [0.25, 0.3) is 0 Å². The van der Waals surface area contributed by atoms with Crippen LogP contribution in [0, 0.1) is 11.8 Å². The molecule has 0 aliphatic heterocycles. The van der Waals surface area contributed by atoms with Crippen LogP contribution in [0.4, 0.5) is 0 Å². The van der Waals surface area contributed by atoms with E-state index < -0.39 is 0 Å². The minimum atomic E-state index is 0.170. The highest BCUT2D eigenvalue weighted by molar-refractivity contribution is 7.99. The van der Waals surface area contributed by atoms with Crippen LogP contribution < -0.4 is 11.1 Å². The van der Waals surface area contributed by atoms with Gasteiger partial charge in [-0.15, -0.1) is 0 Å². The number of thioether (sulfide) groups is 1. The molecule has 15 heavy (non-hydrogen) atoms. The zero-order valence-corrected chi connectivity index (χ0v) is 10.3. The first kappa shape index (κ1) is 12.8. The van der Waals surface area contributed by atoms with Gasteiger partial charge in [0.1, 0.15) is 0 Å². The third-order valence-corrected chi connectivity index (χ3v) is 3.71. The summed E-state index contributed by atoms with van der Waals surface area (Å²) >= 11 is 1.57. The van der Waals surface area contributed by atoms with Crippen molar-refractivity contribution in [2.45, 2.75) is 25.7 Å². The first-order chi connectivity index (χ1) is 7.26. The van der Waals surface area contributed by atoms with E-state index in [1.54, 1.807) is 11.8 Å². The Labute approximate surface area is 96.6 Å². The summed E-state index contributed by atoms with van der Waals surface area (Å²) in [6.07, 6.45) is 6.87. The normalized spacial score (nSPS) is 26.3. The van der Waals surface area contributed by atoms with Crippen molar-refractivity contribution in [2.75, 3.05) is 25.1 Å². The van der Waals surface area contributed by atoms with E-state index in [9.17, 15) is 4.79 Å². The molecule has 88 valence electrons. The molecule has 0 unspecified atom stereocenters. The molecule has 0 saturated heterocycles. The van der Waals surface area contributed by atoms with Gasteiger partial charge in [-0.05, 0) is 50.3 Å². The van der Waals surface area contributed by atoms with Crippen molar-refractivity contribution in [1.29, 1.82) is 0 Å². The molecular weight excluding hydrogens is 208 g/mol. The molecule has 0 aromatic rings. The lowest BCUT2D eigenvalue weighted by atomic mass is 9.82. The second kappa shape index (κ2) is 7.12. The minimum absolute atomic E-state index is 0.170. The highest BCUT2D eigenvalue weighted by atomic mass is 32.2. The molecule has 1 fully saturated rings. The first-order valence-electron chi connectivity index (χ1n) is 5.72. The molecule has 1 aliphatic carbocycles. The average Bonchev–Trinajstić information content (AvgIpc) is 2.27. The predicted octanol–water partition coefficient (Wildman–Crippen LogP) is 1.23. The average molecular weight is 230 g/mol. The Morgan fingerprint density at radius 3 is 2.47 bits per heavy atom. The Hall–Kier alpha value is -0.220. The zero-order chi connectivity index (χ0) is 11.1. The summed E-state index contributed by atoms with van der Waals surface area (Å²) in [6, 6.07) is 0. The van der Waals surface area contributed by atoms with Crippen LogP contribution >= 0.6 is 11.8 Å². The summed E-state index contributed by atoms with van der Waals surface area (Å²) in [5.74, 6) is 2.16. The zero-order valence-electron chi connectivity index (χ0n) is 9.50. The molecule has 0 bridgehead atoms. The smallest absolute Gasteiger partial charge is 0.229 e. The quantitative estimate of drug-likeness (QED) is 0.747. The van der Waals surface area contributed by atoms with Crippen LogP contribution in [0.1, 0.15) is 25.7 Å². The highest BCUT2D eigenvalue weighted by Gasteiger charge is 2.20. The molecule has 0 atom stereocenters. The predicted molar refractivity (Wildman–Crippen MR) is 65.9 cm³/mol. The molecular formula is C11H22N2OS. The van der Waals surface area contributed by atoms with E-state index in [-0.39, 0.29) is 5.91 Å². The molecule has 0 heterocycles. The van der Waals surface area contributed by atoms with E-state index in [0.717, 1.165) is 19.0 Å². The van der Waals surface area contributed by atoms with Crippen LogP contribution in [-0.4, -0.2) is 31.0 Å². The van der Waals surface area contributed by atoms with Gasteiger partial charge >= 0.3 is 0 Å². The van der Waals surface area contributed by atoms with Crippen LogP contribution in [-0.2, 0) is 4.79 Å². The Morgan fingerprint density at radius 2 is 1.93 bits per heavy atom. The highest BCUT2D eigenvalue weighted by Crippen LogP contribution is 2.27. The van der Waals surface area contributed by atoms with Crippen molar-refractivity contribution < 1.29 is 4.79 Å². The summed E-state index contributed by atoms with van der Waals surface area (Å²) in [7, 11) is 0. The molecule has 0 aromatic carbocycles. The molecule has 1 aliphatic rings. The number of rotatable bonds is 5. The first-order valence-corrected chi connectivity index (χ1v) is 7.11. The monoisotopic (exact) mass is 230 g/mol. The van der Waals surface area contributed by atoms with E-state index in [1.165, 1.54) is 25.7 Å². The molecule has 3 nitrogen and oxygen atoms in total. The van der Waals surface area contributed by atoms with Crippen molar-refractivity contribution in [3.63, 3.8) is 0 Å². The Morgan fingerprint density at radius 1 is 1.33 bits per heavy atom. The van der Waals surface area contributed by atoms with Gasteiger partial charge < -0.3 is 11.1 Å². The summed E-state index contributed by atoms with van der Waals surface area (Å²) in [4.78, 5) is 11.3. The van der Waals surface area contributed by atoms with Crippen molar-refractivity contribution in [3.8, 4) is 0 Å². The topological polar surface area (TPSA) is 55.1 Å². The molecule has 0 radical (unpaired) electrons. The van der Waals surface area contributed by atoms with Gasteiger partial charge in [0.15, 0.2) is 0 Å². The number of hydrogen-bond acceptors (Lipinski definition) is 3. The fraction of sp³-hybridized carbons (Fsp3) is 0.909. The molecule has 0 aromatic heterocycles. The van der Waals surface area contributed by atoms with Gasteiger partial charge in [-0.1, -0.05) is 0 Å². The van der Waals surface area contributed by atoms with Gasteiger partial charge in [-0.2, -0.15) is 11.8 Å². The van der Waals surface area contributed by atoms with Crippen LogP contribution in [0.5, 0.6) is 0 Å². The number of nitrogens with two attached hydrogens (primary N) is 1. The molecule has 4 heteroatoms. The lowest BCUT2D eigenvalue weighted by Gasteiger charge is -2.27. The van der Waals surface area contributed by atoms with Crippen LogP contribution in [0.3, 0.4) is 0 Å². The van der Waals surface area contributed by atoms with Gasteiger partial charge in [0, 0.05) is 6.54 Å². The van der Waals surface area contributed by atoms with E-state index in [2.05, 4.69) is 5.32 Å². The van der Waals surface area contributed by atoms with E-state index >= 15 is 0 Å². The van der Waals surface area contributed by atoms with Crippen molar-refractivity contribution >= 4 is 17.7 Å². The van der Waals surface area contributed by atoms with Gasteiger partial charge in [0.2, 0.25) is 5.91 Å². The third kappa shape index (κ3) is 4.89. The van der Waals surface area contributed by atoms with Gasteiger partial charge in [0.25, 0.3) is 0 Å². The maximum Gasteiger partial charge on any atom is 0.229 e. The SMILES string of the molecule is CSCC(=O)NCC1CCC(CN)CC1. The Kier molecular flexibility index (Phi) is 6.10. The summed E-state index contributed by atoms with van der Waals surface area (Å²) in [5, 5.41) is 3.00. The van der Waals surface area contributed by atoms with Crippen molar-refractivity contribution in [2.24, 2.45) is 17.6 Å². The van der Waals surface area contributed by atoms with Crippen molar-refractivity contribution in [1.82, 2.24) is 5.32 Å². The minimum Gasteiger partial charge on any atom is -0.355 e. The third-order valence-electron chi connectivity index (χ3n) is 3.16. The number of carbonyl (C=O) groups is 1. The molecule has 0 spiro atoms. The molecule has 1 saturated carbocycles. The number of hydrogen-bond donors (Lipinski definition) is 2. The summed E-state index contributed by atoms with van der Waals surface area (Å²) in [6.45, 7) is 1.68. The molecule has 3 N–H and O–H groups in total. The summed E-state index contributed by atoms with van der Waals surface area (Å²) in [5.41, 5.74) is 5.64. The van der Waals surface area contributed by atoms with E-state index in [1.807, 2.05) is 6.26 Å². The Balaban J connectivity index is 2.10. The lowest BCUT2D eigenvalue weighted by Crippen LogP contribution is -2.33. The fourth-order valence-corrected chi connectivity index (χ4v) is 2.48. The second-order valence-corrected chi connectivity index (χ2v) is 5.23. The molecule has 1 amide bonds. The van der Waals surface area contributed by atoms with E-state index in [4.69, 9.17) is 5.73 Å². The van der Waals surface area contributed by atoms with E-state index in [0.29, 0.717) is 11.7 Å². The summed E-state index contributed by atoms with van der Waals surface area (Å²) < 4.78 is 0.